The van der Waals surface area contributed by atoms with E-state index in [0.29, 0.717) is 6.04 Å². The molecule has 17 heavy (non-hydrogen) atoms. The molecule has 1 fully saturated rings. The fourth-order valence-electron chi connectivity index (χ4n) is 2.57. The molecule has 2 atom stereocenters. The standard InChI is InChI=1S/C13H22N4/c1-9-5-6-10(2)17(7-9)13-11(3)12(14-4)15-8-16-13/h8-10H,5-7H2,1-4H3,(H,14,15,16). The van der Waals surface area contributed by atoms with E-state index in [1.807, 2.05) is 7.05 Å². The summed E-state index contributed by atoms with van der Waals surface area (Å²) < 4.78 is 0. The summed E-state index contributed by atoms with van der Waals surface area (Å²) >= 11 is 0. The van der Waals surface area contributed by atoms with Crippen LogP contribution >= 0.6 is 0 Å². The quantitative estimate of drug-likeness (QED) is 0.853. The molecule has 1 aromatic rings. The first-order valence-electron chi connectivity index (χ1n) is 6.39. The lowest BCUT2D eigenvalue weighted by atomic mass is 9.95. The maximum Gasteiger partial charge on any atom is 0.137 e. The van der Waals surface area contributed by atoms with Gasteiger partial charge in [-0.15, -0.1) is 0 Å². The zero-order valence-electron chi connectivity index (χ0n) is 11.2. The Morgan fingerprint density at radius 1 is 1.29 bits per heavy atom. The Labute approximate surface area is 103 Å². The van der Waals surface area contributed by atoms with E-state index in [1.54, 1.807) is 6.33 Å². The summed E-state index contributed by atoms with van der Waals surface area (Å²) in [6, 6.07) is 0.574. The van der Waals surface area contributed by atoms with Crippen molar-refractivity contribution in [3.63, 3.8) is 0 Å². The first-order valence-corrected chi connectivity index (χ1v) is 6.39. The molecule has 0 radical (unpaired) electrons. The van der Waals surface area contributed by atoms with Gasteiger partial charge in [0, 0.05) is 25.2 Å². The van der Waals surface area contributed by atoms with Crippen molar-refractivity contribution in [1.29, 1.82) is 0 Å². The molecular formula is C13H22N4. The molecule has 1 aliphatic rings. The molecule has 94 valence electrons. The van der Waals surface area contributed by atoms with Crippen LogP contribution in [0.1, 0.15) is 32.3 Å². The van der Waals surface area contributed by atoms with E-state index in [2.05, 4.69) is 41.0 Å². The monoisotopic (exact) mass is 234 g/mol. The van der Waals surface area contributed by atoms with Gasteiger partial charge >= 0.3 is 0 Å². The van der Waals surface area contributed by atoms with Crippen molar-refractivity contribution in [2.45, 2.75) is 39.7 Å². The molecule has 1 aliphatic heterocycles. The molecule has 2 unspecified atom stereocenters. The Bertz CT molecular complexity index is 391. The van der Waals surface area contributed by atoms with Crippen molar-refractivity contribution in [2.75, 3.05) is 23.8 Å². The summed E-state index contributed by atoms with van der Waals surface area (Å²) in [4.78, 5) is 11.1. The smallest absolute Gasteiger partial charge is 0.137 e. The molecule has 4 heteroatoms. The highest BCUT2D eigenvalue weighted by molar-refractivity contribution is 5.58. The fraction of sp³-hybridized carbons (Fsp3) is 0.692. The first kappa shape index (κ1) is 12.1. The van der Waals surface area contributed by atoms with Crippen LogP contribution in [0, 0.1) is 12.8 Å². The van der Waals surface area contributed by atoms with Crippen molar-refractivity contribution in [1.82, 2.24) is 9.97 Å². The van der Waals surface area contributed by atoms with Gasteiger partial charge in [0.25, 0.3) is 0 Å². The minimum absolute atomic E-state index is 0.574. The predicted octanol–water partition coefficient (Wildman–Crippen LogP) is 2.45. The average molecular weight is 234 g/mol. The van der Waals surface area contributed by atoms with E-state index in [-0.39, 0.29) is 0 Å². The highest BCUT2D eigenvalue weighted by Gasteiger charge is 2.25. The van der Waals surface area contributed by atoms with Crippen LogP contribution in [0.15, 0.2) is 6.33 Å². The van der Waals surface area contributed by atoms with Gasteiger partial charge in [0.1, 0.15) is 18.0 Å². The second kappa shape index (κ2) is 4.90. The van der Waals surface area contributed by atoms with E-state index < -0.39 is 0 Å². The van der Waals surface area contributed by atoms with Crippen molar-refractivity contribution >= 4 is 11.6 Å². The third kappa shape index (κ3) is 2.35. The maximum absolute atomic E-state index is 4.47. The van der Waals surface area contributed by atoms with E-state index in [9.17, 15) is 0 Å². The molecule has 0 aromatic carbocycles. The van der Waals surface area contributed by atoms with Crippen LogP contribution in [0.25, 0.3) is 0 Å². The van der Waals surface area contributed by atoms with Crippen LogP contribution in [0.4, 0.5) is 11.6 Å². The van der Waals surface area contributed by atoms with Gasteiger partial charge in [0.05, 0.1) is 0 Å². The third-order valence-electron chi connectivity index (χ3n) is 3.68. The van der Waals surface area contributed by atoms with Gasteiger partial charge in [-0.3, -0.25) is 0 Å². The number of hydrogen-bond donors (Lipinski definition) is 1. The van der Waals surface area contributed by atoms with Gasteiger partial charge in [-0.25, -0.2) is 9.97 Å². The lowest BCUT2D eigenvalue weighted by molar-refractivity contribution is 0.387. The van der Waals surface area contributed by atoms with Crippen molar-refractivity contribution in [2.24, 2.45) is 5.92 Å². The number of anilines is 2. The van der Waals surface area contributed by atoms with Gasteiger partial charge in [0.2, 0.25) is 0 Å². The normalized spacial score (nSPS) is 24.8. The highest BCUT2D eigenvalue weighted by atomic mass is 15.2. The summed E-state index contributed by atoms with van der Waals surface area (Å²) in [7, 11) is 1.90. The molecule has 4 nitrogen and oxygen atoms in total. The lowest BCUT2D eigenvalue weighted by Gasteiger charge is -2.38. The molecule has 1 aromatic heterocycles. The van der Waals surface area contributed by atoms with Gasteiger partial charge in [-0.1, -0.05) is 6.92 Å². The predicted molar refractivity (Wildman–Crippen MR) is 71.5 cm³/mol. The van der Waals surface area contributed by atoms with Crippen molar-refractivity contribution in [3.05, 3.63) is 11.9 Å². The molecule has 1 saturated heterocycles. The van der Waals surface area contributed by atoms with E-state index in [1.165, 1.54) is 12.8 Å². The Morgan fingerprint density at radius 3 is 2.76 bits per heavy atom. The molecule has 1 N–H and O–H groups in total. The number of nitrogens with zero attached hydrogens (tertiary/aromatic N) is 3. The van der Waals surface area contributed by atoms with Crippen LogP contribution < -0.4 is 10.2 Å². The van der Waals surface area contributed by atoms with Gasteiger partial charge in [-0.05, 0) is 32.6 Å². The summed E-state index contributed by atoms with van der Waals surface area (Å²) in [5.74, 6) is 2.77. The van der Waals surface area contributed by atoms with Crippen LogP contribution in [0.5, 0.6) is 0 Å². The summed E-state index contributed by atoms with van der Waals surface area (Å²) in [6.07, 6.45) is 4.22. The third-order valence-corrected chi connectivity index (χ3v) is 3.68. The Kier molecular flexibility index (Phi) is 3.50. The van der Waals surface area contributed by atoms with Gasteiger partial charge in [-0.2, -0.15) is 0 Å². The number of nitrogens with one attached hydrogen (secondary N) is 1. The highest BCUT2D eigenvalue weighted by Crippen LogP contribution is 2.29. The Morgan fingerprint density at radius 2 is 2.06 bits per heavy atom. The minimum Gasteiger partial charge on any atom is -0.373 e. The van der Waals surface area contributed by atoms with Crippen molar-refractivity contribution in [3.8, 4) is 0 Å². The maximum atomic E-state index is 4.47. The lowest BCUT2D eigenvalue weighted by Crippen LogP contribution is -2.42. The zero-order valence-corrected chi connectivity index (χ0v) is 11.2. The number of hydrogen-bond acceptors (Lipinski definition) is 4. The molecule has 2 heterocycles. The van der Waals surface area contributed by atoms with Crippen molar-refractivity contribution < 1.29 is 0 Å². The topological polar surface area (TPSA) is 41.1 Å². The Hall–Kier alpha value is -1.32. The molecule has 0 spiro atoms. The van der Waals surface area contributed by atoms with Crippen LogP contribution in [-0.2, 0) is 0 Å². The second-order valence-electron chi connectivity index (χ2n) is 5.10. The molecule has 0 amide bonds. The average Bonchev–Trinajstić information content (AvgIpc) is 2.33. The number of rotatable bonds is 2. The number of aromatic nitrogens is 2. The van der Waals surface area contributed by atoms with Crippen LogP contribution in [-0.4, -0.2) is 29.6 Å². The van der Waals surface area contributed by atoms with Gasteiger partial charge < -0.3 is 10.2 Å². The molecule has 0 saturated carbocycles. The summed E-state index contributed by atoms with van der Waals surface area (Å²) in [5.41, 5.74) is 1.15. The summed E-state index contributed by atoms with van der Waals surface area (Å²) in [5, 5.41) is 3.12. The van der Waals surface area contributed by atoms with E-state index >= 15 is 0 Å². The minimum atomic E-state index is 0.574. The second-order valence-corrected chi connectivity index (χ2v) is 5.10. The largest absolute Gasteiger partial charge is 0.373 e. The Balaban J connectivity index is 2.32. The number of piperidine rings is 1. The molecule has 2 rings (SSSR count). The SMILES string of the molecule is CNc1ncnc(N2CC(C)CCC2C)c1C. The van der Waals surface area contributed by atoms with Crippen LogP contribution in [0.2, 0.25) is 0 Å². The molecule has 0 bridgehead atoms. The fourth-order valence-corrected chi connectivity index (χ4v) is 2.57. The zero-order chi connectivity index (χ0) is 12.4. The van der Waals surface area contributed by atoms with E-state index in [4.69, 9.17) is 0 Å². The first-order chi connectivity index (χ1) is 8.13. The van der Waals surface area contributed by atoms with Crippen LogP contribution in [0.3, 0.4) is 0 Å². The summed E-state index contributed by atoms with van der Waals surface area (Å²) in [6.45, 7) is 7.79. The van der Waals surface area contributed by atoms with Gasteiger partial charge in [0.15, 0.2) is 0 Å². The van der Waals surface area contributed by atoms with E-state index in [0.717, 1.165) is 29.7 Å². The molecular weight excluding hydrogens is 212 g/mol. The molecule has 0 aliphatic carbocycles.